The Kier molecular flexibility index (Phi) is 4.60. The van der Waals surface area contributed by atoms with Crippen molar-refractivity contribution in [3.05, 3.63) is 53.6 Å². The number of amides is 1. The second kappa shape index (κ2) is 6.83. The molecule has 1 aliphatic rings. The van der Waals surface area contributed by atoms with E-state index in [1.165, 1.54) is 0 Å². The summed E-state index contributed by atoms with van der Waals surface area (Å²) < 4.78 is 5.42. The van der Waals surface area contributed by atoms with Crippen molar-refractivity contribution in [2.24, 2.45) is 0 Å². The van der Waals surface area contributed by atoms with Crippen molar-refractivity contribution < 1.29 is 14.6 Å². The van der Waals surface area contributed by atoms with E-state index in [2.05, 4.69) is 4.90 Å². The molecule has 1 amide bonds. The molecule has 1 fully saturated rings. The van der Waals surface area contributed by atoms with E-state index in [0.717, 1.165) is 30.1 Å². The second-order valence-corrected chi connectivity index (χ2v) is 5.97. The molecule has 2 aromatic rings. The maximum atomic E-state index is 12.7. The molecule has 0 radical (unpaired) electrons. The lowest BCUT2D eigenvalue weighted by molar-refractivity contribution is 0.0743. The number of nitrogens with zero attached hydrogens (tertiary/aromatic N) is 2. The molecule has 0 aliphatic carbocycles. The third kappa shape index (κ3) is 3.15. The first-order valence-electron chi connectivity index (χ1n) is 8.07. The van der Waals surface area contributed by atoms with Gasteiger partial charge in [-0.3, -0.25) is 4.79 Å². The highest BCUT2D eigenvalue weighted by molar-refractivity contribution is 5.97. The Morgan fingerprint density at radius 2 is 1.79 bits per heavy atom. The fourth-order valence-corrected chi connectivity index (χ4v) is 3.03. The van der Waals surface area contributed by atoms with Crippen molar-refractivity contribution in [3.8, 4) is 11.5 Å². The van der Waals surface area contributed by atoms with Gasteiger partial charge in [-0.25, -0.2) is 0 Å². The van der Waals surface area contributed by atoms with E-state index in [1.807, 2.05) is 31.2 Å². The summed E-state index contributed by atoms with van der Waals surface area (Å²) in [5, 5.41) is 9.96. The number of para-hydroxylation sites is 2. The quantitative estimate of drug-likeness (QED) is 0.942. The van der Waals surface area contributed by atoms with Gasteiger partial charge in [-0.15, -0.1) is 0 Å². The monoisotopic (exact) mass is 326 g/mol. The van der Waals surface area contributed by atoms with Gasteiger partial charge in [-0.05, 0) is 31.2 Å². The minimum atomic E-state index is -0.115. The molecule has 1 aliphatic heterocycles. The average molecular weight is 326 g/mol. The fourth-order valence-electron chi connectivity index (χ4n) is 3.03. The van der Waals surface area contributed by atoms with Gasteiger partial charge in [0.2, 0.25) is 0 Å². The number of carbonyl (C=O) groups excluding carboxylic acids is 1. The van der Waals surface area contributed by atoms with E-state index in [1.54, 1.807) is 30.2 Å². The maximum Gasteiger partial charge on any atom is 0.257 e. The minimum Gasteiger partial charge on any atom is -0.507 e. The van der Waals surface area contributed by atoms with Crippen molar-refractivity contribution in [1.82, 2.24) is 4.90 Å². The predicted octanol–water partition coefficient (Wildman–Crippen LogP) is 2.67. The minimum absolute atomic E-state index is 0.0396. The number of piperazine rings is 1. The first kappa shape index (κ1) is 16.2. The van der Waals surface area contributed by atoms with Gasteiger partial charge in [0, 0.05) is 26.2 Å². The molecule has 5 heteroatoms. The number of ether oxygens (including phenoxy) is 1. The Balaban J connectivity index is 1.71. The van der Waals surface area contributed by atoms with Gasteiger partial charge in [0.1, 0.15) is 11.5 Å². The normalized spacial score (nSPS) is 14.6. The van der Waals surface area contributed by atoms with E-state index < -0.39 is 0 Å². The summed E-state index contributed by atoms with van der Waals surface area (Å²) >= 11 is 0. The van der Waals surface area contributed by atoms with E-state index >= 15 is 0 Å². The summed E-state index contributed by atoms with van der Waals surface area (Å²) in [7, 11) is 1.67. The van der Waals surface area contributed by atoms with Gasteiger partial charge in [0.15, 0.2) is 0 Å². The number of carbonyl (C=O) groups is 1. The predicted molar refractivity (Wildman–Crippen MR) is 94.0 cm³/mol. The molecule has 1 saturated heterocycles. The molecular weight excluding hydrogens is 304 g/mol. The van der Waals surface area contributed by atoms with Gasteiger partial charge < -0.3 is 19.6 Å². The molecule has 24 heavy (non-hydrogen) atoms. The van der Waals surface area contributed by atoms with Gasteiger partial charge in [0.25, 0.3) is 5.91 Å². The molecule has 0 unspecified atom stereocenters. The van der Waals surface area contributed by atoms with E-state index in [-0.39, 0.29) is 11.7 Å². The number of aryl methyl sites for hydroxylation is 1. The number of methoxy groups -OCH3 is 1. The zero-order valence-electron chi connectivity index (χ0n) is 14.0. The van der Waals surface area contributed by atoms with Crippen LogP contribution in [0.2, 0.25) is 0 Å². The molecule has 1 N–H and O–H groups in total. The van der Waals surface area contributed by atoms with Crippen LogP contribution in [0.25, 0.3) is 0 Å². The van der Waals surface area contributed by atoms with E-state index in [4.69, 9.17) is 4.74 Å². The summed E-state index contributed by atoms with van der Waals surface area (Å²) in [6.07, 6.45) is 0. The highest BCUT2D eigenvalue weighted by Gasteiger charge is 2.25. The third-order valence-electron chi connectivity index (χ3n) is 4.38. The van der Waals surface area contributed by atoms with Crippen LogP contribution in [0.15, 0.2) is 42.5 Å². The molecule has 2 aromatic carbocycles. The number of rotatable bonds is 3. The van der Waals surface area contributed by atoms with Crippen LogP contribution >= 0.6 is 0 Å². The Labute approximate surface area is 142 Å². The number of benzene rings is 2. The topological polar surface area (TPSA) is 53.0 Å². The molecule has 0 spiro atoms. The molecule has 1 heterocycles. The summed E-state index contributed by atoms with van der Waals surface area (Å²) in [5.41, 5.74) is 2.38. The summed E-state index contributed by atoms with van der Waals surface area (Å²) in [6.45, 7) is 4.61. The first-order valence-corrected chi connectivity index (χ1v) is 8.07. The fraction of sp³-hybridized carbons (Fsp3) is 0.316. The zero-order chi connectivity index (χ0) is 17.1. The lowest BCUT2D eigenvalue weighted by atomic mass is 10.1. The highest BCUT2D eigenvalue weighted by Crippen LogP contribution is 2.29. The molecule has 0 bridgehead atoms. The Morgan fingerprint density at radius 3 is 2.50 bits per heavy atom. The third-order valence-corrected chi connectivity index (χ3v) is 4.38. The van der Waals surface area contributed by atoms with Gasteiger partial charge in [0.05, 0.1) is 18.4 Å². The van der Waals surface area contributed by atoms with Gasteiger partial charge >= 0.3 is 0 Å². The number of phenols is 1. The number of aromatic hydroxyl groups is 1. The molecule has 5 nitrogen and oxygen atoms in total. The molecule has 0 atom stereocenters. The standard InChI is InChI=1S/C19H22N2O3/c1-14-7-8-17(22)15(13-14)19(23)21-11-9-20(10-12-21)16-5-3-4-6-18(16)24-2/h3-8,13,22H,9-12H2,1-2H3. The van der Waals surface area contributed by atoms with Crippen molar-refractivity contribution in [2.75, 3.05) is 38.2 Å². The number of anilines is 1. The second-order valence-electron chi connectivity index (χ2n) is 5.97. The number of phenolic OH excluding ortho intramolecular Hbond substituents is 1. The SMILES string of the molecule is COc1ccccc1N1CCN(C(=O)c2cc(C)ccc2O)CC1. The van der Waals surface area contributed by atoms with Crippen molar-refractivity contribution in [1.29, 1.82) is 0 Å². The van der Waals surface area contributed by atoms with Crippen LogP contribution in [0.4, 0.5) is 5.69 Å². The van der Waals surface area contributed by atoms with Crippen LogP contribution in [-0.2, 0) is 0 Å². The highest BCUT2D eigenvalue weighted by atomic mass is 16.5. The zero-order valence-corrected chi connectivity index (χ0v) is 14.0. The molecule has 0 aromatic heterocycles. The molecule has 0 saturated carbocycles. The summed E-state index contributed by atoms with van der Waals surface area (Å²) in [6, 6.07) is 13.0. The van der Waals surface area contributed by atoms with Crippen molar-refractivity contribution >= 4 is 11.6 Å². The average Bonchev–Trinajstić information content (AvgIpc) is 2.63. The van der Waals surface area contributed by atoms with E-state index in [0.29, 0.717) is 18.7 Å². The first-order chi connectivity index (χ1) is 11.6. The Morgan fingerprint density at radius 1 is 1.08 bits per heavy atom. The van der Waals surface area contributed by atoms with Crippen LogP contribution in [0.3, 0.4) is 0 Å². The number of hydrogen-bond donors (Lipinski definition) is 1. The molecule has 3 rings (SSSR count). The van der Waals surface area contributed by atoms with Crippen LogP contribution in [0.1, 0.15) is 15.9 Å². The Bertz CT molecular complexity index is 737. The maximum absolute atomic E-state index is 12.7. The Hall–Kier alpha value is -2.69. The largest absolute Gasteiger partial charge is 0.507 e. The molecular formula is C19H22N2O3. The van der Waals surface area contributed by atoms with Crippen molar-refractivity contribution in [3.63, 3.8) is 0 Å². The summed E-state index contributed by atoms with van der Waals surface area (Å²) in [4.78, 5) is 16.7. The van der Waals surface area contributed by atoms with Gasteiger partial charge in [-0.1, -0.05) is 23.8 Å². The smallest absolute Gasteiger partial charge is 0.257 e. The van der Waals surface area contributed by atoms with Crippen LogP contribution < -0.4 is 9.64 Å². The van der Waals surface area contributed by atoms with Crippen molar-refractivity contribution in [2.45, 2.75) is 6.92 Å². The van der Waals surface area contributed by atoms with E-state index in [9.17, 15) is 9.90 Å². The lowest BCUT2D eigenvalue weighted by Gasteiger charge is -2.36. The van der Waals surface area contributed by atoms with Gasteiger partial charge in [-0.2, -0.15) is 0 Å². The molecule has 126 valence electrons. The lowest BCUT2D eigenvalue weighted by Crippen LogP contribution is -2.48. The van der Waals surface area contributed by atoms with Crippen LogP contribution in [0.5, 0.6) is 11.5 Å². The number of hydrogen-bond acceptors (Lipinski definition) is 4. The van der Waals surface area contributed by atoms with Crippen LogP contribution in [-0.4, -0.2) is 49.2 Å². The summed E-state index contributed by atoms with van der Waals surface area (Å²) in [5.74, 6) is 0.766. The van der Waals surface area contributed by atoms with Crippen LogP contribution in [0, 0.1) is 6.92 Å².